The first kappa shape index (κ1) is 10.3. The highest BCUT2D eigenvalue weighted by Crippen LogP contribution is 2.27. The molecule has 1 aromatic rings. The van der Waals surface area contributed by atoms with Gasteiger partial charge in [-0.15, -0.1) is 0 Å². The maximum Gasteiger partial charge on any atom is 0.257 e. The third-order valence-corrected chi connectivity index (χ3v) is 3.07. The lowest BCUT2D eigenvalue weighted by Gasteiger charge is -2.24. The number of hydrogen-bond donors (Lipinski definition) is 1. The Kier molecular flexibility index (Phi) is 2.34. The molecule has 1 aliphatic heterocycles. The van der Waals surface area contributed by atoms with Gasteiger partial charge in [0.2, 0.25) is 0 Å². The average Bonchev–Trinajstić information content (AvgIpc) is 2.75. The predicted molar refractivity (Wildman–Crippen MR) is 65.2 cm³/mol. The van der Waals surface area contributed by atoms with Gasteiger partial charge in [-0.3, -0.25) is 4.79 Å². The zero-order chi connectivity index (χ0) is 11.8. The number of ether oxygens (including phenoxy) is 1. The Morgan fingerprint density at radius 3 is 3.12 bits per heavy atom. The second-order valence-corrected chi connectivity index (χ2v) is 4.35. The van der Waals surface area contributed by atoms with Crippen molar-refractivity contribution >= 4 is 12.0 Å². The molecule has 1 saturated heterocycles. The normalized spacial score (nSPS) is 22.5. The highest BCUT2D eigenvalue weighted by atomic mass is 16.5. The summed E-state index contributed by atoms with van der Waals surface area (Å²) in [5.74, 6) is -0.136. The Bertz CT molecular complexity index is 531. The van der Waals surface area contributed by atoms with E-state index in [1.54, 1.807) is 0 Å². The van der Waals surface area contributed by atoms with Gasteiger partial charge in [0.1, 0.15) is 0 Å². The molecule has 86 valence electrons. The van der Waals surface area contributed by atoms with Crippen molar-refractivity contribution < 1.29 is 9.53 Å². The van der Waals surface area contributed by atoms with Crippen LogP contribution in [-0.4, -0.2) is 12.5 Å². The highest BCUT2D eigenvalue weighted by molar-refractivity contribution is 5.84. The van der Waals surface area contributed by atoms with Gasteiger partial charge in [0.25, 0.3) is 5.91 Å². The zero-order valence-electron chi connectivity index (χ0n) is 9.40. The first-order chi connectivity index (χ1) is 8.24. The van der Waals surface area contributed by atoms with Crippen LogP contribution in [0.5, 0.6) is 0 Å². The summed E-state index contributed by atoms with van der Waals surface area (Å²) in [6.45, 7) is 4.06. The minimum Gasteiger partial charge on any atom is -0.357 e. The molecule has 1 atom stereocenters. The lowest BCUT2D eigenvalue weighted by atomic mass is 10.0. The number of nitrogens with one attached hydrogen (secondary N) is 1. The molecule has 0 radical (unpaired) electrons. The number of carbonyl (C=O) groups excluding carboxylic acids is 1. The second kappa shape index (κ2) is 3.86. The average molecular weight is 227 g/mol. The second-order valence-electron chi connectivity index (χ2n) is 4.35. The molecule has 1 unspecified atom stereocenters. The molecule has 0 aromatic heterocycles. The molecule has 0 spiro atoms. The summed E-state index contributed by atoms with van der Waals surface area (Å²) in [7, 11) is 0. The number of fused-ring (bicyclic) bond motifs is 1. The molecule has 3 heteroatoms. The first-order valence-corrected chi connectivity index (χ1v) is 5.63. The van der Waals surface area contributed by atoms with Gasteiger partial charge in [0.15, 0.2) is 6.10 Å². The Hall–Kier alpha value is -1.87. The fourth-order valence-corrected chi connectivity index (χ4v) is 2.21. The number of carbonyl (C=O) groups is 1. The molecule has 1 N–H and O–H groups in total. The van der Waals surface area contributed by atoms with Gasteiger partial charge in [-0.1, -0.05) is 30.9 Å². The van der Waals surface area contributed by atoms with Crippen LogP contribution < -0.4 is 5.32 Å². The minimum absolute atomic E-state index is 0.136. The lowest BCUT2D eigenvalue weighted by molar-refractivity contribution is -0.135. The summed E-state index contributed by atoms with van der Waals surface area (Å²) in [4.78, 5) is 11.8. The molecule has 0 bridgehead atoms. The summed E-state index contributed by atoms with van der Waals surface area (Å²) in [6.07, 6.45) is 4.67. The van der Waals surface area contributed by atoms with Crippen LogP contribution in [0.4, 0.5) is 0 Å². The first-order valence-electron chi connectivity index (χ1n) is 5.63. The molecule has 17 heavy (non-hydrogen) atoms. The van der Waals surface area contributed by atoms with E-state index in [0.29, 0.717) is 12.3 Å². The smallest absolute Gasteiger partial charge is 0.257 e. The van der Waals surface area contributed by atoms with Gasteiger partial charge in [-0.05, 0) is 29.2 Å². The molecule has 1 heterocycles. The van der Waals surface area contributed by atoms with Crippen molar-refractivity contribution in [2.45, 2.75) is 12.5 Å². The van der Waals surface area contributed by atoms with E-state index < -0.39 is 6.10 Å². The van der Waals surface area contributed by atoms with Crippen molar-refractivity contribution in [2.75, 3.05) is 6.61 Å². The Balaban J connectivity index is 1.91. The van der Waals surface area contributed by atoms with E-state index in [9.17, 15) is 4.79 Å². The standard InChI is InChI=1S/C14H13NO2/c1-9-8-17-13(14(16)15-9)12-6-5-10-3-2-4-11(10)7-12/h2,4-7,13H,1,3,8H2,(H,15,16). The minimum atomic E-state index is -0.514. The van der Waals surface area contributed by atoms with Crippen LogP contribution in [0.25, 0.3) is 6.08 Å². The maximum atomic E-state index is 11.8. The van der Waals surface area contributed by atoms with Crippen molar-refractivity contribution in [3.05, 3.63) is 53.2 Å². The summed E-state index contributed by atoms with van der Waals surface area (Å²) in [5.41, 5.74) is 4.00. The monoisotopic (exact) mass is 227 g/mol. The molecule has 1 aliphatic carbocycles. The van der Waals surface area contributed by atoms with Crippen LogP contribution in [0.3, 0.4) is 0 Å². The number of amides is 1. The van der Waals surface area contributed by atoms with Crippen LogP contribution in [-0.2, 0) is 16.0 Å². The Morgan fingerprint density at radius 2 is 2.29 bits per heavy atom. The Labute approximate surface area is 99.8 Å². The van der Waals surface area contributed by atoms with Crippen LogP contribution in [0.15, 0.2) is 36.6 Å². The predicted octanol–water partition coefficient (Wildman–Crippen LogP) is 1.96. The van der Waals surface area contributed by atoms with E-state index in [-0.39, 0.29) is 5.91 Å². The van der Waals surface area contributed by atoms with E-state index in [4.69, 9.17) is 4.74 Å². The molecule has 1 fully saturated rings. The molecule has 3 rings (SSSR count). The van der Waals surface area contributed by atoms with Crippen molar-refractivity contribution in [1.29, 1.82) is 0 Å². The van der Waals surface area contributed by atoms with Crippen LogP contribution in [0.1, 0.15) is 22.8 Å². The SMILES string of the molecule is C=C1COC(c2ccc3c(c2)C=CC3)C(=O)N1. The van der Waals surface area contributed by atoms with Gasteiger partial charge in [0.05, 0.1) is 6.61 Å². The highest BCUT2D eigenvalue weighted by Gasteiger charge is 2.26. The number of allylic oxidation sites excluding steroid dienone is 1. The maximum absolute atomic E-state index is 11.8. The van der Waals surface area contributed by atoms with Gasteiger partial charge < -0.3 is 10.1 Å². The quantitative estimate of drug-likeness (QED) is 0.796. The number of hydrogen-bond acceptors (Lipinski definition) is 2. The summed E-state index contributed by atoms with van der Waals surface area (Å²) in [5, 5.41) is 2.72. The molecule has 0 saturated carbocycles. The molecule has 1 aromatic carbocycles. The van der Waals surface area contributed by atoms with Crippen molar-refractivity contribution in [3.63, 3.8) is 0 Å². The lowest BCUT2D eigenvalue weighted by Crippen LogP contribution is -2.37. The third-order valence-electron chi connectivity index (χ3n) is 3.07. The van der Waals surface area contributed by atoms with E-state index in [1.807, 2.05) is 12.1 Å². The molecule has 1 amide bonds. The van der Waals surface area contributed by atoms with Crippen LogP contribution >= 0.6 is 0 Å². The van der Waals surface area contributed by atoms with Gasteiger partial charge >= 0.3 is 0 Å². The number of morpholine rings is 1. The van der Waals surface area contributed by atoms with Crippen molar-refractivity contribution in [3.8, 4) is 0 Å². The summed E-state index contributed by atoms with van der Waals surface area (Å²) >= 11 is 0. The van der Waals surface area contributed by atoms with Gasteiger partial charge in [-0.25, -0.2) is 0 Å². The van der Waals surface area contributed by atoms with Crippen molar-refractivity contribution in [1.82, 2.24) is 5.32 Å². The molecule has 3 nitrogen and oxygen atoms in total. The van der Waals surface area contributed by atoms with E-state index in [2.05, 4.69) is 30.1 Å². The van der Waals surface area contributed by atoms with Gasteiger partial charge in [-0.2, -0.15) is 0 Å². The molecular weight excluding hydrogens is 214 g/mol. The third kappa shape index (κ3) is 1.78. The Morgan fingerprint density at radius 1 is 1.41 bits per heavy atom. The molecular formula is C14H13NO2. The topological polar surface area (TPSA) is 38.3 Å². The number of rotatable bonds is 1. The fraction of sp³-hybridized carbons (Fsp3) is 0.214. The van der Waals surface area contributed by atoms with Gasteiger partial charge in [0, 0.05) is 5.70 Å². The fourth-order valence-electron chi connectivity index (χ4n) is 2.21. The zero-order valence-corrected chi connectivity index (χ0v) is 9.40. The van der Waals surface area contributed by atoms with E-state index in [1.165, 1.54) is 11.1 Å². The van der Waals surface area contributed by atoms with E-state index >= 15 is 0 Å². The van der Waals surface area contributed by atoms with Crippen LogP contribution in [0, 0.1) is 0 Å². The van der Waals surface area contributed by atoms with E-state index in [0.717, 1.165) is 12.0 Å². The summed E-state index contributed by atoms with van der Waals surface area (Å²) < 4.78 is 5.51. The molecule has 2 aliphatic rings. The largest absolute Gasteiger partial charge is 0.357 e. The van der Waals surface area contributed by atoms with Crippen molar-refractivity contribution in [2.24, 2.45) is 0 Å². The summed E-state index contributed by atoms with van der Waals surface area (Å²) in [6, 6.07) is 6.05. The van der Waals surface area contributed by atoms with Crippen LogP contribution in [0.2, 0.25) is 0 Å². The number of benzene rings is 1.